The first-order chi connectivity index (χ1) is 7.25. The second kappa shape index (κ2) is 6.48. The van der Waals surface area contributed by atoms with Crippen LogP contribution in [0.25, 0.3) is 0 Å². The van der Waals surface area contributed by atoms with Gasteiger partial charge >= 0.3 is 0 Å². The summed E-state index contributed by atoms with van der Waals surface area (Å²) in [6.07, 6.45) is 0.410. The van der Waals surface area contributed by atoms with Crippen LogP contribution in [0.15, 0.2) is 0 Å². The maximum Gasteiger partial charge on any atom is 0.224 e. The molecule has 0 aliphatic carbocycles. The van der Waals surface area contributed by atoms with E-state index in [0.717, 1.165) is 0 Å². The molecule has 0 aromatic carbocycles. The van der Waals surface area contributed by atoms with Crippen molar-refractivity contribution in [3.8, 4) is 0 Å². The molecule has 0 atom stereocenters. The average Bonchev–Trinajstić information content (AvgIpc) is 2.11. The Morgan fingerprint density at radius 2 is 1.88 bits per heavy atom. The van der Waals surface area contributed by atoms with Crippen molar-refractivity contribution >= 4 is 11.8 Å². The summed E-state index contributed by atoms with van der Waals surface area (Å²) in [4.78, 5) is 22.3. The third kappa shape index (κ3) is 6.40. The van der Waals surface area contributed by atoms with Crippen molar-refractivity contribution in [1.82, 2.24) is 10.6 Å². The Morgan fingerprint density at radius 3 is 2.31 bits per heavy atom. The quantitative estimate of drug-likeness (QED) is 0.537. The van der Waals surface area contributed by atoms with Crippen molar-refractivity contribution in [1.29, 1.82) is 0 Å². The van der Waals surface area contributed by atoms with E-state index in [1.165, 1.54) is 0 Å². The number of nitrogens with one attached hydrogen (secondary N) is 2. The van der Waals surface area contributed by atoms with Gasteiger partial charge in [-0.05, 0) is 27.7 Å². The molecule has 5 heteroatoms. The SMILES string of the molecule is CC(C)NC(=O)CCNCC(C)(C)C(N)=O. The maximum atomic E-state index is 11.3. The fourth-order valence-corrected chi connectivity index (χ4v) is 1.08. The van der Waals surface area contributed by atoms with Gasteiger partial charge in [-0.2, -0.15) is 0 Å². The van der Waals surface area contributed by atoms with Gasteiger partial charge in [0.25, 0.3) is 0 Å². The molecular formula is C11H23N3O2. The summed E-state index contributed by atoms with van der Waals surface area (Å²) in [5, 5.41) is 5.84. The van der Waals surface area contributed by atoms with Gasteiger partial charge in [0, 0.05) is 25.6 Å². The van der Waals surface area contributed by atoms with Gasteiger partial charge in [0.05, 0.1) is 5.41 Å². The molecule has 0 unspecified atom stereocenters. The third-order valence-electron chi connectivity index (χ3n) is 2.21. The van der Waals surface area contributed by atoms with Crippen LogP contribution in [-0.2, 0) is 9.59 Å². The predicted octanol–water partition coefficient (Wildman–Crippen LogP) is 0.00220. The first kappa shape index (κ1) is 14.9. The first-order valence-electron chi connectivity index (χ1n) is 5.55. The summed E-state index contributed by atoms with van der Waals surface area (Å²) < 4.78 is 0. The zero-order valence-corrected chi connectivity index (χ0v) is 10.6. The molecule has 16 heavy (non-hydrogen) atoms. The monoisotopic (exact) mass is 229 g/mol. The van der Waals surface area contributed by atoms with Crippen LogP contribution < -0.4 is 16.4 Å². The summed E-state index contributed by atoms with van der Waals surface area (Å²) in [6.45, 7) is 8.42. The Hall–Kier alpha value is -1.10. The van der Waals surface area contributed by atoms with Gasteiger partial charge < -0.3 is 16.4 Å². The molecule has 0 radical (unpaired) electrons. The number of hydrogen-bond donors (Lipinski definition) is 3. The second-order valence-electron chi connectivity index (χ2n) is 4.90. The van der Waals surface area contributed by atoms with Crippen molar-refractivity contribution < 1.29 is 9.59 Å². The van der Waals surface area contributed by atoms with Gasteiger partial charge in [0.15, 0.2) is 0 Å². The van der Waals surface area contributed by atoms with E-state index in [4.69, 9.17) is 5.73 Å². The van der Waals surface area contributed by atoms with E-state index in [1.807, 2.05) is 13.8 Å². The van der Waals surface area contributed by atoms with Crippen molar-refractivity contribution in [3.05, 3.63) is 0 Å². The number of hydrogen-bond acceptors (Lipinski definition) is 3. The number of amides is 2. The van der Waals surface area contributed by atoms with Crippen LogP contribution in [-0.4, -0.2) is 30.9 Å². The Morgan fingerprint density at radius 1 is 1.31 bits per heavy atom. The van der Waals surface area contributed by atoms with Crippen molar-refractivity contribution in [2.24, 2.45) is 11.1 Å². The molecular weight excluding hydrogens is 206 g/mol. The molecule has 0 aromatic heterocycles. The van der Waals surface area contributed by atoms with Crippen LogP contribution in [0.1, 0.15) is 34.1 Å². The summed E-state index contributed by atoms with van der Waals surface area (Å²) in [6, 6.07) is 0.162. The highest BCUT2D eigenvalue weighted by molar-refractivity contribution is 5.80. The number of primary amides is 1. The minimum atomic E-state index is -0.575. The van der Waals surface area contributed by atoms with Gasteiger partial charge in [-0.15, -0.1) is 0 Å². The highest BCUT2D eigenvalue weighted by Gasteiger charge is 2.23. The molecule has 2 amide bonds. The van der Waals surface area contributed by atoms with E-state index in [-0.39, 0.29) is 17.9 Å². The molecule has 4 N–H and O–H groups in total. The number of nitrogens with two attached hydrogens (primary N) is 1. The van der Waals surface area contributed by atoms with Crippen molar-refractivity contribution in [3.63, 3.8) is 0 Å². The predicted molar refractivity (Wildman–Crippen MR) is 63.7 cm³/mol. The number of carbonyl (C=O) groups is 2. The van der Waals surface area contributed by atoms with Gasteiger partial charge in [-0.25, -0.2) is 0 Å². The van der Waals surface area contributed by atoms with E-state index in [2.05, 4.69) is 10.6 Å². The van der Waals surface area contributed by atoms with Gasteiger partial charge in [0.1, 0.15) is 0 Å². The molecule has 0 aliphatic rings. The molecule has 0 bridgehead atoms. The molecule has 0 spiro atoms. The van der Waals surface area contributed by atoms with E-state index >= 15 is 0 Å². The van der Waals surface area contributed by atoms with Crippen LogP contribution in [0.4, 0.5) is 0 Å². The summed E-state index contributed by atoms with van der Waals surface area (Å²) in [5.41, 5.74) is 4.65. The summed E-state index contributed by atoms with van der Waals surface area (Å²) in [5.74, 6) is -0.328. The highest BCUT2D eigenvalue weighted by atomic mass is 16.2. The number of carbonyl (C=O) groups excluding carboxylic acids is 2. The van der Waals surface area contributed by atoms with Gasteiger partial charge in [-0.3, -0.25) is 9.59 Å². The average molecular weight is 229 g/mol. The molecule has 94 valence electrons. The topological polar surface area (TPSA) is 84.2 Å². The zero-order valence-electron chi connectivity index (χ0n) is 10.6. The van der Waals surface area contributed by atoms with E-state index in [9.17, 15) is 9.59 Å². The molecule has 0 saturated carbocycles. The van der Waals surface area contributed by atoms with Crippen LogP contribution >= 0.6 is 0 Å². The normalized spacial score (nSPS) is 11.6. The van der Waals surface area contributed by atoms with Gasteiger partial charge in [-0.1, -0.05) is 0 Å². The van der Waals surface area contributed by atoms with Crippen LogP contribution in [0, 0.1) is 5.41 Å². The number of rotatable bonds is 7. The Bertz CT molecular complexity index is 250. The lowest BCUT2D eigenvalue weighted by Gasteiger charge is -2.20. The fourth-order valence-electron chi connectivity index (χ4n) is 1.08. The lowest BCUT2D eigenvalue weighted by atomic mass is 9.93. The molecule has 0 heterocycles. The van der Waals surface area contributed by atoms with E-state index in [0.29, 0.717) is 19.5 Å². The lowest BCUT2D eigenvalue weighted by molar-refractivity contribution is -0.125. The summed E-state index contributed by atoms with van der Waals surface area (Å²) >= 11 is 0. The Kier molecular flexibility index (Phi) is 6.03. The maximum absolute atomic E-state index is 11.3. The lowest BCUT2D eigenvalue weighted by Crippen LogP contribution is -2.41. The van der Waals surface area contributed by atoms with Crippen LogP contribution in [0.3, 0.4) is 0 Å². The Balaban J connectivity index is 3.69. The highest BCUT2D eigenvalue weighted by Crippen LogP contribution is 2.11. The zero-order chi connectivity index (χ0) is 12.8. The minimum absolute atomic E-state index is 0.0133. The third-order valence-corrected chi connectivity index (χ3v) is 2.21. The largest absolute Gasteiger partial charge is 0.369 e. The second-order valence-corrected chi connectivity index (χ2v) is 4.90. The van der Waals surface area contributed by atoms with Crippen LogP contribution in [0.5, 0.6) is 0 Å². The molecule has 0 aliphatic heterocycles. The smallest absolute Gasteiger partial charge is 0.224 e. The molecule has 5 nitrogen and oxygen atoms in total. The summed E-state index contributed by atoms with van der Waals surface area (Å²) in [7, 11) is 0. The van der Waals surface area contributed by atoms with E-state index < -0.39 is 5.41 Å². The molecule has 0 saturated heterocycles. The van der Waals surface area contributed by atoms with E-state index in [1.54, 1.807) is 13.8 Å². The van der Waals surface area contributed by atoms with Gasteiger partial charge in [0.2, 0.25) is 11.8 Å². The molecule has 0 rings (SSSR count). The fraction of sp³-hybridized carbons (Fsp3) is 0.818. The first-order valence-corrected chi connectivity index (χ1v) is 5.55. The van der Waals surface area contributed by atoms with Crippen molar-refractivity contribution in [2.75, 3.05) is 13.1 Å². The minimum Gasteiger partial charge on any atom is -0.369 e. The standard InChI is InChI=1S/C11H23N3O2/c1-8(2)14-9(15)5-6-13-7-11(3,4)10(12)16/h8,13H,5-7H2,1-4H3,(H2,12,16)(H,14,15). The molecule has 0 aromatic rings. The Labute approximate surface area is 97.2 Å². The van der Waals surface area contributed by atoms with Crippen molar-refractivity contribution in [2.45, 2.75) is 40.2 Å². The van der Waals surface area contributed by atoms with Crippen LogP contribution in [0.2, 0.25) is 0 Å². The molecule has 0 fully saturated rings.